The van der Waals surface area contributed by atoms with Gasteiger partial charge in [-0.05, 0) is 12.3 Å². The van der Waals surface area contributed by atoms with Gasteiger partial charge in [-0.25, -0.2) is 14.4 Å². The van der Waals surface area contributed by atoms with Gasteiger partial charge in [0.2, 0.25) is 0 Å². The van der Waals surface area contributed by atoms with Crippen LogP contribution in [0.25, 0.3) is 0 Å². The van der Waals surface area contributed by atoms with Crippen molar-refractivity contribution in [2.45, 2.75) is 32.5 Å². The molecule has 1 aliphatic heterocycles. The second-order valence-electron chi connectivity index (χ2n) is 5.23. The maximum atomic E-state index is 14.4. The van der Waals surface area contributed by atoms with Crippen LogP contribution in [0.1, 0.15) is 25.8 Å². The minimum atomic E-state index is -1.05. The van der Waals surface area contributed by atoms with Crippen molar-refractivity contribution in [1.82, 2.24) is 14.9 Å². The van der Waals surface area contributed by atoms with Crippen LogP contribution in [-0.2, 0) is 6.54 Å². The lowest BCUT2D eigenvalue weighted by Gasteiger charge is -2.24. The summed E-state index contributed by atoms with van der Waals surface area (Å²) in [5.74, 6) is 0.0645. The van der Waals surface area contributed by atoms with E-state index in [1.165, 1.54) is 7.11 Å². The summed E-state index contributed by atoms with van der Waals surface area (Å²) in [7, 11) is 1.54. The average Bonchev–Trinajstić information content (AvgIpc) is 2.73. The number of likely N-dealkylation sites (tertiary alicyclic amines) is 1. The van der Waals surface area contributed by atoms with Crippen LogP contribution in [0, 0.1) is 5.92 Å². The van der Waals surface area contributed by atoms with Gasteiger partial charge in [-0.1, -0.05) is 13.8 Å². The summed E-state index contributed by atoms with van der Waals surface area (Å²) in [6.45, 7) is 5.87. The third kappa shape index (κ3) is 2.77. The Balaban J connectivity index is 1.95. The summed E-state index contributed by atoms with van der Waals surface area (Å²) in [6, 6.07) is 0.363. The molecule has 0 saturated carbocycles. The SMILES string of the molecule is COc1ncc(CN2CCC(F)(C(C)C)C2)cn1. The first kappa shape index (κ1) is 13.2. The van der Waals surface area contributed by atoms with Crippen LogP contribution in [0.15, 0.2) is 12.4 Å². The van der Waals surface area contributed by atoms with Crippen LogP contribution in [0.4, 0.5) is 4.39 Å². The van der Waals surface area contributed by atoms with Crippen LogP contribution in [0.5, 0.6) is 6.01 Å². The molecule has 2 heterocycles. The minimum Gasteiger partial charge on any atom is -0.467 e. The smallest absolute Gasteiger partial charge is 0.316 e. The predicted octanol–water partition coefficient (Wildman–Crippen LogP) is 2.06. The van der Waals surface area contributed by atoms with E-state index in [0.717, 1.165) is 12.1 Å². The van der Waals surface area contributed by atoms with Crippen molar-refractivity contribution >= 4 is 0 Å². The number of nitrogens with zero attached hydrogens (tertiary/aromatic N) is 3. The van der Waals surface area contributed by atoms with Gasteiger partial charge in [0.15, 0.2) is 0 Å². The number of alkyl halides is 1. The molecular weight excluding hydrogens is 233 g/mol. The maximum Gasteiger partial charge on any atom is 0.316 e. The monoisotopic (exact) mass is 253 g/mol. The highest BCUT2D eigenvalue weighted by Crippen LogP contribution is 2.33. The lowest BCUT2D eigenvalue weighted by atomic mass is 9.92. The van der Waals surface area contributed by atoms with Crippen LogP contribution >= 0.6 is 0 Å². The highest BCUT2D eigenvalue weighted by Gasteiger charge is 2.40. The van der Waals surface area contributed by atoms with Gasteiger partial charge in [-0.3, -0.25) is 4.90 Å². The zero-order valence-electron chi connectivity index (χ0n) is 11.2. The number of hydrogen-bond acceptors (Lipinski definition) is 4. The van der Waals surface area contributed by atoms with E-state index in [9.17, 15) is 4.39 Å². The van der Waals surface area contributed by atoms with E-state index < -0.39 is 5.67 Å². The number of methoxy groups -OCH3 is 1. The molecule has 1 aromatic heterocycles. The molecule has 0 aromatic carbocycles. The fourth-order valence-corrected chi connectivity index (χ4v) is 2.27. The van der Waals surface area contributed by atoms with Crippen molar-refractivity contribution in [3.8, 4) is 6.01 Å². The lowest BCUT2D eigenvalue weighted by molar-refractivity contribution is 0.106. The third-order valence-corrected chi connectivity index (χ3v) is 3.64. The van der Waals surface area contributed by atoms with Crippen LogP contribution in [0.2, 0.25) is 0 Å². The molecule has 5 heteroatoms. The molecule has 0 bridgehead atoms. The second kappa shape index (κ2) is 5.18. The molecule has 0 N–H and O–H groups in total. The van der Waals surface area contributed by atoms with Crippen molar-refractivity contribution < 1.29 is 9.13 Å². The Labute approximate surface area is 107 Å². The Bertz CT molecular complexity index is 396. The van der Waals surface area contributed by atoms with Crippen molar-refractivity contribution in [2.24, 2.45) is 5.92 Å². The Morgan fingerprint density at radius 1 is 1.44 bits per heavy atom. The molecule has 4 nitrogen and oxygen atoms in total. The topological polar surface area (TPSA) is 38.2 Å². The van der Waals surface area contributed by atoms with Crippen LogP contribution in [-0.4, -0.2) is 40.7 Å². The molecule has 1 fully saturated rings. The Morgan fingerprint density at radius 2 is 2.11 bits per heavy atom. The summed E-state index contributed by atoms with van der Waals surface area (Å²) in [5, 5.41) is 0. The lowest BCUT2D eigenvalue weighted by Crippen LogP contribution is -2.33. The molecule has 2 rings (SSSR count). The highest BCUT2D eigenvalue weighted by atomic mass is 19.1. The molecule has 18 heavy (non-hydrogen) atoms. The van der Waals surface area contributed by atoms with E-state index >= 15 is 0 Å². The fraction of sp³-hybridized carbons (Fsp3) is 0.692. The molecule has 1 atom stereocenters. The number of hydrogen-bond donors (Lipinski definition) is 0. The van der Waals surface area contributed by atoms with E-state index in [1.807, 2.05) is 13.8 Å². The zero-order chi connectivity index (χ0) is 13.2. The average molecular weight is 253 g/mol. The normalized spacial score (nSPS) is 24.7. The molecule has 0 radical (unpaired) electrons. The Kier molecular flexibility index (Phi) is 3.80. The van der Waals surface area contributed by atoms with E-state index in [-0.39, 0.29) is 5.92 Å². The van der Waals surface area contributed by atoms with Gasteiger partial charge in [-0.2, -0.15) is 0 Å². The first-order valence-electron chi connectivity index (χ1n) is 6.30. The zero-order valence-corrected chi connectivity index (χ0v) is 11.2. The first-order valence-corrected chi connectivity index (χ1v) is 6.30. The van der Waals surface area contributed by atoms with Gasteiger partial charge in [0.1, 0.15) is 5.67 Å². The molecule has 0 spiro atoms. The number of rotatable bonds is 4. The fourth-order valence-electron chi connectivity index (χ4n) is 2.27. The highest BCUT2D eigenvalue weighted by molar-refractivity contribution is 5.08. The second-order valence-corrected chi connectivity index (χ2v) is 5.23. The first-order chi connectivity index (χ1) is 8.53. The predicted molar refractivity (Wildman–Crippen MR) is 67.2 cm³/mol. The summed E-state index contributed by atoms with van der Waals surface area (Å²) in [4.78, 5) is 10.2. The van der Waals surface area contributed by atoms with Crippen molar-refractivity contribution in [3.63, 3.8) is 0 Å². The van der Waals surface area contributed by atoms with E-state index in [2.05, 4.69) is 14.9 Å². The maximum absolute atomic E-state index is 14.4. The minimum absolute atomic E-state index is 0.0645. The van der Waals surface area contributed by atoms with E-state index in [1.54, 1.807) is 12.4 Å². The summed E-state index contributed by atoms with van der Waals surface area (Å²) in [5.41, 5.74) is -0.0587. The quantitative estimate of drug-likeness (QED) is 0.823. The number of ether oxygens (including phenoxy) is 1. The van der Waals surface area contributed by atoms with Crippen LogP contribution < -0.4 is 4.74 Å². The molecule has 0 aliphatic carbocycles. The molecule has 1 aromatic rings. The molecule has 1 saturated heterocycles. The van der Waals surface area contributed by atoms with E-state index in [0.29, 0.717) is 25.5 Å². The van der Waals surface area contributed by atoms with Gasteiger partial charge >= 0.3 is 6.01 Å². The van der Waals surface area contributed by atoms with Crippen LogP contribution in [0.3, 0.4) is 0 Å². The Morgan fingerprint density at radius 3 is 2.61 bits per heavy atom. The Hall–Kier alpha value is -1.23. The molecule has 0 amide bonds. The summed E-state index contributed by atoms with van der Waals surface area (Å²) in [6.07, 6.45) is 4.08. The standard InChI is InChI=1S/C13H20FN3O/c1-10(2)13(14)4-5-17(9-13)8-11-6-15-12(18-3)16-7-11/h6-7,10H,4-5,8-9H2,1-3H3. The molecule has 1 aliphatic rings. The molecule has 1 unspecified atom stereocenters. The third-order valence-electron chi connectivity index (χ3n) is 3.64. The summed E-state index contributed by atoms with van der Waals surface area (Å²) < 4.78 is 19.3. The summed E-state index contributed by atoms with van der Waals surface area (Å²) >= 11 is 0. The van der Waals surface area contributed by atoms with Crippen molar-refractivity contribution in [1.29, 1.82) is 0 Å². The van der Waals surface area contributed by atoms with Gasteiger partial charge in [0.05, 0.1) is 7.11 Å². The van der Waals surface area contributed by atoms with Crippen molar-refractivity contribution in [3.05, 3.63) is 18.0 Å². The molecule has 100 valence electrons. The van der Waals surface area contributed by atoms with Gasteiger partial charge in [0, 0.05) is 37.6 Å². The van der Waals surface area contributed by atoms with Gasteiger partial charge in [-0.15, -0.1) is 0 Å². The van der Waals surface area contributed by atoms with Gasteiger partial charge < -0.3 is 4.74 Å². The van der Waals surface area contributed by atoms with Gasteiger partial charge in [0.25, 0.3) is 0 Å². The number of aromatic nitrogens is 2. The van der Waals surface area contributed by atoms with Crippen molar-refractivity contribution in [2.75, 3.05) is 20.2 Å². The largest absolute Gasteiger partial charge is 0.467 e. The molecular formula is C13H20FN3O. The van der Waals surface area contributed by atoms with E-state index in [4.69, 9.17) is 4.74 Å². The number of halogens is 1.